The summed E-state index contributed by atoms with van der Waals surface area (Å²) in [6.07, 6.45) is 1.14. The molecule has 3 aromatic rings. The van der Waals surface area contributed by atoms with Gasteiger partial charge in [0.2, 0.25) is 5.91 Å². The van der Waals surface area contributed by atoms with Crippen LogP contribution in [0.2, 0.25) is 0 Å². The van der Waals surface area contributed by atoms with E-state index >= 15 is 0 Å². The van der Waals surface area contributed by atoms with Gasteiger partial charge in [-0.05, 0) is 66.4 Å². The van der Waals surface area contributed by atoms with Crippen LogP contribution in [0.25, 0.3) is 0 Å². The SMILES string of the molecule is CCC(=O)N1CCc2ccc(OCc3ccc(C(=O)N(C)CC)o3)cc2C1c1ccc(F)cc1. The van der Waals surface area contributed by atoms with Gasteiger partial charge in [-0.25, -0.2) is 4.39 Å². The van der Waals surface area contributed by atoms with Gasteiger partial charge in [0, 0.05) is 26.6 Å². The number of amides is 2. The quantitative estimate of drug-likeness (QED) is 0.495. The number of carbonyl (C=O) groups is 2. The maximum Gasteiger partial charge on any atom is 0.289 e. The maximum atomic E-state index is 13.6. The van der Waals surface area contributed by atoms with Crippen LogP contribution in [0.4, 0.5) is 4.39 Å². The van der Waals surface area contributed by atoms with Crippen LogP contribution in [0, 0.1) is 5.82 Å². The van der Waals surface area contributed by atoms with Crippen molar-refractivity contribution >= 4 is 11.8 Å². The van der Waals surface area contributed by atoms with E-state index in [9.17, 15) is 14.0 Å². The number of halogens is 1. The molecule has 1 atom stereocenters. The summed E-state index contributed by atoms with van der Waals surface area (Å²) in [5.74, 6) is 1.02. The number of benzene rings is 2. The Kier molecular flexibility index (Phi) is 7.01. The zero-order valence-corrected chi connectivity index (χ0v) is 19.7. The summed E-state index contributed by atoms with van der Waals surface area (Å²) in [6, 6.07) is 15.2. The third-order valence-electron chi connectivity index (χ3n) is 6.23. The normalized spacial score (nSPS) is 15.1. The summed E-state index contributed by atoms with van der Waals surface area (Å²) < 4.78 is 25.2. The molecule has 2 heterocycles. The lowest BCUT2D eigenvalue weighted by Gasteiger charge is -2.38. The molecule has 0 saturated heterocycles. The molecule has 178 valence electrons. The molecule has 7 heteroatoms. The number of nitrogens with zero attached hydrogens (tertiary/aromatic N) is 2. The van der Waals surface area contributed by atoms with Crippen LogP contribution in [0.15, 0.2) is 59.0 Å². The van der Waals surface area contributed by atoms with Crippen molar-refractivity contribution in [3.63, 3.8) is 0 Å². The van der Waals surface area contributed by atoms with Crippen LogP contribution >= 0.6 is 0 Å². The number of rotatable bonds is 7. The van der Waals surface area contributed by atoms with Gasteiger partial charge in [0.15, 0.2) is 5.76 Å². The largest absolute Gasteiger partial charge is 0.486 e. The fourth-order valence-electron chi connectivity index (χ4n) is 4.22. The van der Waals surface area contributed by atoms with Gasteiger partial charge in [-0.3, -0.25) is 9.59 Å². The molecular weight excluding hydrogens is 435 g/mol. The molecule has 0 N–H and O–H groups in total. The van der Waals surface area contributed by atoms with E-state index in [-0.39, 0.29) is 36.0 Å². The van der Waals surface area contributed by atoms with Crippen LogP contribution in [-0.4, -0.2) is 41.8 Å². The minimum Gasteiger partial charge on any atom is -0.486 e. The molecule has 0 aliphatic carbocycles. The third-order valence-corrected chi connectivity index (χ3v) is 6.23. The van der Waals surface area contributed by atoms with E-state index in [0.29, 0.717) is 31.0 Å². The molecular formula is C27H29FN2O4. The van der Waals surface area contributed by atoms with Crippen molar-refractivity contribution < 1.29 is 23.1 Å². The van der Waals surface area contributed by atoms with Crippen molar-refractivity contribution in [3.05, 3.63) is 88.6 Å². The minimum atomic E-state index is -0.313. The third kappa shape index (κ3) is 4.83. The Labute approximate surface area is 198 Å². The van der Waals surface area contributed by atoms with Gasteiger partial charge < -0.3 is 19.0 Å². The average molecular weight is 465 g/mol. The molecule has 2 aromatic carbocycles. The smallest absolute Gasteiger partial charge is 0.289 e. The molecule has 2 amide bonds. The second-order valence-electron chi connectivity index (χ2n) is 8.38. The van der Waals surface area contributed by atoms with Gasteiger partial charge in [-0.1, -0.05) is 25.1 Å². The van der Waals surface area contributed by atoms with E-state index in [2.05, 4.69) is 0 Å². The fourth-order valence-corrected chi connectivity index (χ4v) is 4.22. The lowest BCUT2D eigenvalue weighted by molar-refractivity contribution is -0.132. The first-order chi connectivity index (χ1) is 16.4. The van der Waals surface area contributed by atoms with E-state index in [4.69, 9.17) is 9.15 Å². The maximum absolute atomic E-state index is 13.6. The van der Waals surface area contributed by atoms with E-state index in [1.165, 1.54) is 12.1 Å². The van der Waals surface area contributed by atoms with E-state index in [1.807, 2.05) is 36.9 Å². The average Bonchev–Trinajstić information content (AvgIpc) is 3.35. The van der Waals surface area contributed by atoms with Crippen molar-refractivity contribution in [1.29, 1.82) is 0 Å². The van der Waals surface area contributed by atoms with Crippen LogP contribution in [0.1, 0.15) is 59.3 Å². The van der Waals surface area contributed by atoms with Gasteiger partial charge in [0.25, 0.3) is 5.91 Å². The Morgan fingerprint density at radius 2 is 1.88 bits per heavy atom. The molecule has 0 radical (unpaired) electrons. The molecule has 0 saturated carbocycles. The summed E-state index contributed by atoms with van der Waals surface area (Å²) in [5.41, 5.74) is 2.96. The Balaban J connectivity index is 1.58. The standard InChI is InChI=1S/C27H29FN2O4/c1-4-25(31)30-15-14-18-8-11-21(16-23(18)26(30)19-6-9-20(28)10-7-19)33-17-22-12-13-24(34-22)27(32)29(3)5-2/h6-13,16,26H,4-5,14-15,17H2,1-3H3. The Hall–Kier alpha value is -3.61. The molecule has 0 fully saturated rings. The summed E-state index contributed by atoms with van der Waals surface area (Å²) in [4.78, 5) is 28.4. The zero-order valence-electron chi connectivity index (χ0n) is 19.7. The summed E-state index contributed by atoms with van der Waals surface area (Å²) in [7, 11) is 1.72. The number of hydrogen-bond donors (Lipinski definition) is 0. The van der Waals surface area contributed by atoms with Gasteiger partial charge in [-0.15, -0.1) is 0 Å². The Bertz CT molecular complexity index is 1170. The lowest BCUT2D eigenvalue weighted by Crippen LogP contribution is -2.40. The molecule has 1 aliphatic heterocycles. The monoisotopic (exact) mass is 464 g/mol. The number of ether oxygens (including phenoxy) is 1. The highest BCUT2D eigenvalue weighted by Crippen LogP contribution is 2.37. The molecule has 34 heavy (non-hydrogen) atoms. The first kappa shape index (κ1) is 23.5. The second-order valence-corrected chi connectivity index (χ2v) is 8.38. The number of hydrogen-bond acceptors (Lipinski definition) is 4. The van der Waals surface area contributed by atoms with Crippen molar-refractivity contribution in [2.24, 2.45) is 0 Å². The summed E-state index contributed by atoms with van der Waals surface area (Å²) >= 11 is 0. The Morgan fingerprint density at radius 3 is 2.59 bits per heavy atom. The molecule has 6 nitrogen and oxygen atoms in total. The van der Waals surface area contributed by atoms with Gasteiger partial charge >= 0.3 is 0 Å². The summed E-state index contributed by atoms with van der Waals surface area (Å²) in [6.45, 7) is 5.11. The lowest BCUT2D eigenvalue weighted by atomic mass is 9.87. The number of furan rings is 1. The van der Waals surface area contributed by atoms with E-state index in [1.54, 1.807) is 36.2 Å². The highest BCUT2D eigenvalue weighted by Gasteiger charge is 2.31. The Morgan fingerprint density at radius 1 is 1.12 bits per heavy atom. The van der Waals surface area contributed by atoms with Crippen molar-refractivity contribution in [1.82, 2.24) is 9.80 Å². The van der Waals surface area contributed by atoms with Crippen LogP contribution in [0.5, 0.6) is 5.75 Å². The molecule has 0 spiro atoms. The molecule has 1 aromatic heterocycles. The summed E-state index contributed by atoms with van der Waals surface area (Å²) in [5, 5.41) is 0. The first-order valence-electron chi connectivity index (χ1n) is 11.6. The number of fused-ring (bicyclic) bond motifs is 1. The molecule has 0 bridgehead atoms. The first-order valence-corrected chi connectivity index (χ1v) is 11.6. The number of carbonyl (C=O) groups excluding carboxylic acids is 2. The van der Waals surface area contributed by atoms with Crippen LogP contribution < -0.4 is 4.74 Å². The fraction of sp³-hybridized carbons (Fsp3) is 0.333. The van der Waals surface area contributed by atoms with Crippen molar-refractivity contribution in [3.8, 4) is 5.75 Å². The van der Waals surface area contributed by atoms with Gasteiger partial charge in [-0.2, -0.15) is 0 Å². The van der Waals surface area contributed by atoms with E-state index in [0.717, 1.165) is 23.1 Å². The second kappa shape index (κ2) is 10.1. The van der Waals surface area contributed by atoms with Crippen molar-refractivity contribution in [2.45, 2.75) is 39.3 Å². The highest BCUT2D eigenvalue weighted by molar-refractivity contribution is 5.91. The van der Waals surface area contributed by atoms with Crippen LogP contribution in [-0.2, 0) is 17.8 Å². The molecule has 4 rings (SSSR count). The zero-order chi connectivity index (χ0) is 24.2. The highest BCUT2D eigenvalue weighted by atomic mass is 19.1. The molecule has 1 aliphatic rings. The van der Waals surface area contributed by atoms with Gasteiger partial charge in [0.1, 0.15) is 23.9 Å². The van der Waals surface area contributed by atoms with Crippen LogP contribution in [0.3, 0.4) is 0 Å². The topological polar surface area (TPSA) is 63.0 Å². The van der Waals surface area contributed by atoms with Gasteiger partial charge in [0.05, 0.1) is 6.04 Å². The van der Waals surface area contributed by atoms with E-state index < -0.39 is 0 Å². The van der Waals surface area contributed by atoms with Crippen molar-refractivity contribution in [2.75, 3.05) is 20.1 Å². The predicted molar refractivity (Wildman–Crippen MR) is 126 cm³/mol. The molecule has 1 unspecified atom stereocenters. The predicted octanol–water partition coefficient (Wildman–Crippen LogP) is 4.97. The minimum absolute atomic E-state index is 0.0520.